The van der Waals surface area contributed by atoms with Crippen molar-refractivity contribution in [1.82, 2.24) is 15.1 Å². The second-order valence-electron chi connectivity index (χ2n) is 6.56. The molecule has 2 unspecified atom stereocenters. The molecule has 1 saturated carbocycles. The van der Waals surface area contributed by atoms with Gasteiger partial charge in [0.25, 0.3) is 0 Å². The van der Waals surface area contributed by atoms with Gasteiger partial charge < -0.3 is 5.32 Å². The Hall–Kier alpha value is -0.350. The third kappa shape index (κ3) is 2.89. The SMILES string of the molecule is CNC(Cc1c(Br)c(C)nn1C)C1CCCC1(C)C. The molecule has 1 heterocycles. The molecule has 1 fully saturated rings. The van der Waals surface area contributed by atoms with Crippen LogP contribution in [0.2, 0.25) is 0 Å². The first-order chi connectivity index (χ1) is 8.86. The molecule has 108 valence electrons. The van der Waals surface area contributed by atoms with Gasteiger partial charge in [0.2, 0.25) is 0 Å². The van der Waals surface area contributed by atoms with Crippen LogP contribution < -0.4 is 5.32 Å². The third-order valence-electron chi connectivity index (χ3n) is 4.87. The lowest BCUT2D eigenvalue weighted by Crippen LogP contribution is -2.40. The number of aromatic nitrogens is 2. The number of rotatable bonds is 4. The molecule has 19 heavy (non-hydrogen) atoms. The van der Waals surface area contributed by atoms with Crippen molar-refractivity contribution in [3.63, 3.8) is 0 Å². The summed E-state index contributed by atoms with van der Waals surface area (Å²) in [6.45, 7) is 6.89. The first-order valence-electron chi connectivity index (χ1n) is 7.22. The van der Waals surface area contributed by atoms with Gasteiger partial charge in [-0.25, -0.2) is 0 Å². The predicted molar refractivity (Wildman–Crippen MR) is 83.3 cm³/mol. The minimum atomic E-state index is 0.452. The van der Waals surface area contributed by atoms with E-state index in [1.54, 1.807) is 0 Å². The zero-order valence-electron chi connectivity index (χ0n) is 12.8. The molecule has 0 amide bonds. The second kappa shape index (κ2) is 5.57. The Morgan fingerprint density at radius 1 is 1.53 bits per heavy atom. The quantitative estimate of drug-likeness (QED) is 0.917. The van der Waals surface area contributed by atoms with E-state index in [1.165, 1.54) is 29.4 Å². The van der Waals surface area contributed by atoms with Crippen LogP contribution >= 0.6 is 15.9 Å². The molecule has 0 spiro atoms. The topological polar surface area (TPSA) is 29.9 Å². The molecule has 1 aliphatic rings. The maximum Gasteiger partial charge on any atom is 0.0738 e. The van der Waals surface area contributed by atoms with Crippen LogP contribution in [-0.2, 0) is 13.5 Å². The molecule has 0 bridgehead atoms. The van der Waals surface area contributed by atoms with E-state index < -0.39 is 0 Å². The molecule has 1 aliphatic carbocycles. The molecule has 0 aromatic carbocycles. The average molecular weight is 328 g/mol. The maximum absolute atomic E-state index is 4.50. The van der Waals surface area contributed by atoms with E-state index in [-0.39, 0.29) is 0 Å². The lowest BCUT2D eigenvalue weighted by molar-refractivity contribution is 0.200. The summed E-state index contributed by atoms with van der Waals surface area (Å²) in [4.78, 5) is 0. The van der Waals surface area contributed by atoms with E-state index in [0.29, 0.717) is 11.5 Å². The standard InChI is InChI=1S/C15H26BrN3/c1-10-14(16)13(19(5)18-10)9-12(17-4)11-7-6-8-15(11,2)3/h11-12,17H,6-9H2,1-5H3. The van der Waals surface area contributed by atoms with Crippen molar-refractivity contribution in [3.05, 3.63) is 15.9 Å². The van der Waals surface area contributed by atoms with E-state index in [2.05, 4.69) is 54.2 Å². The highest BCUT2D eigenvalue weighted by molar-refractivity contribution is 9.10. The Morgan fingerprint density at radius 3 is 2.63 bits per heavy atom. The molecule has 2 atom stereocenters. The van der Waals surface area contributed by atoms with Crippen molar-refractivity contribution in [3.8, 4) is 0 Å². The summed E-state index contributed by atoms with van der Waals surface area (Å²) in [7, 11) is 4.13. The van der Waals surface area contributed by atoms with Crippen LogP contribution in [0.3, 0.4) is 0 Å². The van der Waals surface area contributed by atoms with Crippen LogP contribution in [0, 0.1) is 18.3 Å². The van der Waals surface area contributed by atoms with E-state index in [4.69, 9.17) is 0 Å². The smallest absolute Gasteiger partial charge is 0.0738 e. The predicted octanol–water partition coefficient (Wildman–Crippen LogP) is 3.45. The van der Waals surface area contributed by atoms with Crippen LogP contribution in [0.4, 0.5) is 0 Å². The lowest BCUT2D eigenvalue weighted by Gasteiger charge is -2.34. The van der Waals surface area contributed by atoms with Gasteiger partial charge in [0.05, 0.1) is 15.9 Å². The number of hydrogen-bond donors (Lipinski definition) is 1. The summed E-state index contributed by atoms with van der Waals surface area (Å²) >= 11 is 3.68. The van der Waals surface area contributed by atoms with Gasteiger partial charge in [-0.1, -0.05) is 20.3 Å². The van der Waals surface area contributed by atoms with Crippen molar-refractivity contribution in [1.29, 1.82) is 0 Å². The number of likely N-dealkylation sites (N-methyl/N-ethyl adjacent to an activating group) is 1. The fourth-order valence-corrected chi connectivity index (χ4v) is 4.15. The molecule has 1 aromatic heterocycles. The van der Waals surface area contributed by atoms with Crippen molar-refractivity contribution in [2.24, 2.45) is 18.4 Å². The van der Waals surface area contributed by atoms with Gasteiger partial charge in [-0.05, 0) is 54.1 Å². The number of nitrogens with one attached hydrogen (secondary N) is 1. The number of aryl methyl sites for hydroxylation is 2. The van der Waals surface area contributed by atoms with Crippen LogP contribution in [0.5, 0.6) is 0 Å². The number of halogens is 1. The van der Waals surface area contributed by atoms with Crippen LogP contribution in [0.25, 0.3) is 0 Å². The second-order valence-corrected chi connectivity index (χ2v) is 7.35. The molecule has 0 radical (unpaired) electrons. The first kappa shape index (κ1) is 15.0. The number of nitrogens with zero attached hydrogens (tertiary/aromatic N) is 2. The Balaban J connectivity index is 2.20. The maximum atomic E-state index is 4.50. The van der Waals surface area contributed by atoms with E-state index in [0.717, 1.165) is 18.0 Å². The molecule has 1 aromatic rings. The molecule has 0 saturated heterocycles. The van der Waals surface area contributed by atoms with Gasteiger partial charge in [0, 0.05) is 19.5 Å². The van der Waals surface area contributed by atoms with Gasteiger partial charge in [0.15, 0.2) is 0 Å². The fraction of sp³-hybridized carbons (Fsp3) is 0.800. The lowest BCUT2D eigenvalue weighted by atomic mass is 9.76. The van der Waals surface area contributed by atoms with Crippen molar-refractivity contribution >= 4 is 15.9 Å². The Labute approximate surface area is 125 Å². The fourth-order valence-electron chi connectivity index (χ4n) is 3.66. The van der Waals surface area contributed by atoms with E-state index in [9.17, 15) is 0 Å². The summed E-state index contributed by atoms with van der Waals surface area (Å²) in [5.41, 5.74) is 2.84. The monoisotopic (exact) mass is 327 g/mol. The largest absolute Gasteiger partial charge is 0.316 e. The Morgan fingerprint density at radius 2 is 2.21 bits per heavy atom. The molecule has 3 nitrogen and oxygen atoms in total. The van der Waals surface area contributed by atoms with E-state index in [1.807, 2.05) is 11.7 Å². The minimum absolute atomic E-state index is 0.452. The van der Waals surface area contributed by atoms with Gasteiger partial charge in [0.1, 0.15) is 0 Å². The molecule has 0 aliphatic heterocycles. The average Bonchev–Trinajstić information content (AvgIpc) is 2.79. The van der Waals surface area contributed by atoms with Crippen LogP contribution in [-0.4, -0.2) is 22.9 Å². The summed E-state index contributed by atoms with van der Waals surface area (Å²) < 4.78 is 3.19. The Kier molecular flexibility index (Phi) is 4.41. The van der Waals surface area contributed by atoms with Crippen molar-refractivity contribution in [2.75, 3.05) is 7.05 Å². The van der Waals surface area contributed by atoms with Crippen LogP contribution in [0.15, 0.2) is 4.47 Å². The summed E-state index contributed by atoms with van der Waals surface area (Å²) in [5.74, 6) is 0.750. The third-order valence-corrected chi connectivity index (χ3v) is 5.90. The zero-order chi connectivity index (χ0) is 14.2. The molecule has 4 heteroatoms. The van der Waals surface area contributed by atoms with E-state index >= 15 is 0 Å². The number of hydrogen-bond acceptors (Lipinski definition) is 2. The van der Waals surface area contributed by atoms with Gasteiger partial charge >= 0.3 is 0 Å². The zero-order valence-corrected chi connectivity index (χ0v) is 14.3. The van der Waals surface area contributed by atoms with Gasteiger partial charge in [-0.2, -0.15) is 5.10 Å². The highest BCUT2D eigenvalue weighted by atomic mass is 79.9. The van der Waals surface area contributed by atoms with Crippen molar-refractivity contribution < 1.29 is 0 Å². The molecule has 1 N–H and O–H groups in total. The first-order valence-corrected chi connectivity index (χ1v) is 8.01. The minimum Gasteiger partial charge on any atom is -0.316 e. The summed E-state index contributed by atoms with van der Waals surface area (Å²) in [6.07, 6.45) is 5.10. The highest BCUT2D eigenvalue weighted by Gasteiger charge is 2.39. The molecular weight excluding hydrogens is 302 g/mol. The molecule has 2 rings (SSSR count). The normalized spacial score (nSPS) is 23.8. The van der Waals surface area contributed by atoms with Crippen molar-refractivity contribution in [2.45, 2.75) is 52.5 Å². The Bertz CT molecular complexity index is 450. The molecular formula is C15H26BrN3. The highest BCUT2D eigenvalue weighted by Crippen LogP contribution is 2.45. The van der Waals surface area contributed by atoms with Gasteiger partial charge in [-0.15, -0.1) is 0 Å². The van der Waals surface area contributed by atoms with Gasteiger partial charge in [-0.3, -0.25) is 4.68 Å². The summed E-state index contributed by atoms with van der Waals surface area (Å²) in [5, 5.41) is 8.05. The summed E-state index contributed by atoms with van der Waals surface area (Å²) in [6, 6.07) is 0.531. The van der Waals surface area contributed by atoms with Crippen LogP contribution in [0.1, 0.15) is 44.5 Å².